The van der Waals surface area contributed by atoms with E-state index in [1.165, 1.54) is 31.0 Å². The molecule has 3 heterocycles. The molecule has 1 aromatic carbocycles. The van der Waals surface area contributed by atoms with Crippen molar-refractivity contribution in [3.8, 4) is 0 Å². The Balaban J connectivity index is 1.50. The van der Waals surface area contributed by atoms with E-state index in [9.17, 15) is 4.79 Å². The number of amides is 1. The van der Waals surface area contributed by atoms with Gasteiger partial charge in [-0.05, 0) is 74.2 Å². The molecule has 0 unspecified atom stereocenters. The summed E-state index contributed by atoms with van der Waals surface area (Å²) in [6.45, 7) is 6.15. The van der Waals surface area contributed by atoms with Gasteiger partial charge in [0.2, 0.25) is 0 Å². The number of hydrogen-bond acceptors (Lipinski definition) is 5. The van der Waals surface area contributed by atoms with E-state index in [-0.39, 0.29) is 5.91 Å². The van der Waals surface area contributed by atoms with Crippen molar-refractivity contribution in [2.45, 2.75) is 33.1 Å². The normalized spacial score (nSPS) is 20.5. The maximum atomic E-state index is 12.3. The lowest BCUT2D eigenvalue weighted by Crippen LogP contribution is -2.28. The number of nitrogens with one attached hydrogen (secondary N) is 1. The Bertz CT molecular complexity index is 903. The average molecular weight is 382 g/mol. The highest BCUT2D eigenvalue weighted by Gasteiger charge is 2.24. The predicted molar refractivity (Wildman–Crippen MR) is 111 cm³/mol. The van der Waals surface area contributed by atoms with Crippen LogP contribution in [-0.2, 0) is 4.79 Å². The maximum Gasteiger partial charge on any atom is 0.264 e. The molecule has 1 aromatic heterocycles. The number of nitrogens with zero attached hydrogens (tertiary/aromatic N) is 2. The van der Waals surface area contributed by atoms with Gasteiger partial charge in [0, 0.05) is 25.2 Å². The Morgan fingerprint density at radius 2 is 1.85 bits per heavy atom. The molecule has 1 N–H and O–H groups in total. The molecule has 0 bridgehead atoms. The van der Waals surface area contributed by atoms with Crippen LogP contribution in [0.5, 0.6) is 0 Å². The molecular formula is C21H23N3O2S. The van der Waals surface area contributed by atoms with E-state index >= 15 is 0 Å². The van der Waals surface area contributed by atoms with Crippen LogP contribution < -0.4 is 10.2 Å². The lowest BCUT2D eigenvalue weighted by Gasteiger charge is -2.25. The number of carbonyl (C=O) groups excluding carboxylic acids is 1. The minimum absolute atomic E-state index is 0.140. The van der Waals surface area contributed by atoms with Gasteiger partial charge in [0.25, 0.3) is 5.91 Å². The second-order valence-electron chi connectivity index (χ2n) is 7.05. The fourth-order valence-electron chi connectivity index (χ4n) is 3.45. The van der Waals surface area contributed by atoms with Crippen molar-refractivity contribution >= 4 is 40.5 Å². The molecule has 0 aliphatic carbocycles. The molecule has 0 atom stereocenters. The summed E-state index contributed by atoms with van der Waals surface area (Å²) in [5, 5.41) is 3.43. The van der Waals surface area contributed by atoms with Gasteiger partial charge in [0.1, 0.15) is 5.76 Å². The highest BCUT2D eigenvalue weighted by atomic mass is 32.2. The van der Waals surface area contributed by atoms with Crippen molar-refractivity contribution in [1.29, 1.82) is 0 Å². The quantitative estimate of drug-likeness (QED) is 0.778. The molecule has 2 aliphatic heterocycles. The predicted octanol–water partition coefficient (Wildman–Crippen LogP) is 4.78. The topological polar surface area (TPSA) is 57.8 Å². The number of amidine groups is 1. The van der Waals surface area contributed by atoms with E-state index in [1.54, 1.807) is 6.08 Å². The summed E-state index contributed by atoms with van der Waals surface area (Å²) in [4.78, 5) is 19.7. The number of thioether (sulfide) groups is 1. The zero-order chi connectivity index (χ0) is 18.8. The third-order valence-corrected chi connectivity index (χ3v) is 5.55. The summed E-state index contributed by atoms with van der Waals surface area (Å²) >= 11 is 1.34. The molecule has 4 rings (SSSR count). The van der Waals surface area contributed by atoms with Crippen molar-refractivity contribution in [1.82, 2.24) is 5.32 Å². The van der Waals surface area contributed by atoms with Crippen LogP contribution >= 0.6 is 11.8 Å². The first-order valence-electron chi connectivity index (χ1n) is 9.29. The van der Waals surface area contributed by atoms with Gasteiger partial charge in [-0.1, -0.05) is 6.07 Å². The molecule has 5 nitrogen and oxygen atoms in total. The Hall–Kier alpha value is -2.47. The van der Waals surface area contributed by atoms with Crippen molar-refractivity contribution in [3.63, 3.8) is 0 Å². The number of piperidine rings is 1. The molecule has 2 aromatic rings. The molecule has 2 fully saturated rings. The fraction of sp³-hybridized carbons (Fsp3) is 0.333. The van der Waals surface area contributed by atoms with Crippen LogP contribution in [0.15, 0.2) is 44.6 Å². The largest absolute Gasteiger partial charge is 0.441 e. The maximum absolute atomic E-state index is 12.3. The lowest BCUT2D eigenvalue weighted by molar-refractivity contribution is -0.115. The summed E-state index contributed by atoms with van der Waals surface area (Å²) in [6.07, 6.45) is 5.48. The number of furan rings is 1. The van der Waals surface area contributed by atoms with Gasteiger partial charge in [-0.2, -0.15) is 0 Å². The van der Waals surface area contributed by atoms with E-state index in [0.29, 0.717) is 15.8 Å². The van der Waals surface area contributed by atoms with E-state index in [0.717, 1.165) is 35.8 Å². The van der Waals surface area contributed by atoms with Gasteiger partial charge >= 0.3 is 0 Å². The van der Waals surface area contributed by atoms with Gasteiger partial charge < -0.3 is 14.6 Å². The molecular weight excluding hydrogens is 358 g/mol. The highest BCUT2D eigenvalue weighted by Crippen LogP contribution is 2.30. The molecule has 0 spiro atoms. The molecule has 140 valence electrons. The lowest BCUT2D eigenvalue weighted by atomic mass is 10.1. The summed E-state index contributed by atoms with van der Waals surface area (Å²) in [7, 11) is 0. The summed E-state index contributed by atoms with van der Waals surface area (Å²) in [5.41, 5.74) is 3.16. The number of aliphatic imine (C=N–C) groups is 1. The van der Waals surface area contributed by atoms with Crippen molar-refractivity contribution in [3.05, 3.63) is 52.1 Å². The second-order valence-corrected chi connectivity index (χ2v) is 8.08. The third-order valence-electron chi connectivity index (χ3n) is 4.64. The molecule has 2 aliphatic rings. The van der Waals surface area contributed by atoms with E-state index in [4.69, 9.17) is 4.42 Å². The van der Waals surface area contributed by atoms with Crippen LogP contribution in [0.25, 0.3) is 6.08 Å². The fourth-order valence-corrected chi connectivity index (χ4v) is 4.27. The van der Waals surface area contributed by atoms with E-state index in [2.05, 4.69) is 21.3 Å². The Kier molecular flexibility index (Phi) is 5.07. The molecule has 0 saturated carbocycles. The van der Waals surface area contributed by atoms with Gasteiger partial charge in [-0.15, -0.1) is 0 Å². The van der Waals surface area contributed by atoms with Crippen LogP contribution in [0.1, 0.15) is 36.1 Å². The second kappa shape index (κ2) is 7.64. The van der Waals surface area contributed by atoms with Gasteiger partial charge in [-0.25, -0.2) is 4.99 Å². The first kappa shape index (κ1) is 17.9. The summed E-state index contributed by atoms with van der Waals surface area (Å²) in [6, 6.07) is 10.0. The minimum Gasteiger partial charge on any atom is -0.441 e. The molecule has 1 amide bonds. The van der Waals surface area contributed by atoms with Crippen molar-refractivity contribution in [2.24, 2.45) is 4.99 Å². The molecule has 0 radical (unpaired) electrons. The zero-order valence-electron chi connectivity index (χ0n) is 15.6. The SMILES string of the molecule is Cc1cc(C)cc(N=C2NC(=O)/C(=C/c3ccc(N4CCCCC4)o3)S2)c1. The van der Waals surface area contributed by atoms with Gasteiger partial charge in [0.15, 0.2) is 11.1 Å². The number of benzene rings is 1. The smallest absolute Gasteiger partial charge is 0.264 e. The Labute approximate surface area is 163 Å². The van der Waals surface area contributed by atoms with Crippen LogP contribution in [0.3, 0.4) is 0 Å². The minimum atomic E-state index is -0.140. The highest BCUT2D eigenvalue weighted by molar-refractivity contribution is 8.18. The van der Waals surface area contributed by atoms with Crippen molar-refractivity contribution in [2.75, 3.05) is 18.0 Å². The monoisotopic (exact) mass is 381 g/mol. The third kappa shape index (κ3) is 4.27. The summed E-state index contributed by atoms with van der Waals surface area (Å²) < 4.78 is 5.93. The van der Waals surface area contributed by atoms with Crippen molar-refractivity contribution < 1.29 is 9.21 Å². The molecule has 2 saturated heterocycles. The first-order chi connectivity index (χ1) is 13.1. The van der Waals surface area contributed by atoms with Crippen LogP contribution in [-0.4, -0.2) is 24.2 Å². The number of aryl methyl sites for hydroxylation is 2. The number of rotatable bonds is 3. The number of carbonyl (C=O) groups is 1. The zero-order valence-corrected chi connectivity index (χ0v) is 16.4. The number of hydrogen-bond donors (Lipinski definition) is 1. The van der Waals surface area contributed by atoms with Gasteiger partial charge in [-0.3, -0.25) is 4.79 Å². The summed E-state index contributed by atoms with van der Waals surface area (Å²) in [5.74, 6) is 1.44. The first-order valence-corrected chi connectivity index (χ1v) is 10.1. The average Bonchev–Trinajstić information content (AvgIpc) is 3.22. The van der Waals surface area contributed by atoms with E-state index in [1.807, 2.05) is 38.1 Å². The standard InChI is InChI=1S/C21H23N3O2S/c1-14-10-15(2)12-16(11-14)22-21-23-20(25)18(27-21)13-17-6-7-19(26-17)24-8-4-3-5-9-24/h6-7,10-13H,3-5,8-9H2,1-2H3,(H,22,23,25)/b18-13-. The number of anilines is 1. The Morgan fingerprint density at radius 1 is 1.11 bits per heavy atom. The van der Waals surface area contributed by atoms with E-state index < -0.39 is 0 Å². The van der Waals surface area contributed by atoms with Crippen LogP contribution in [0.2, 0.25) is 0 Å². The van der Waals surface area contributed by atoms with Crippen LogP contribution in [0.4, 0.5) is 11.6 Å². The molecule has 6 heteroatoms. The molecule has 27 heavy (non-hydrogen) atoms. The van der Waals surface area contributed by atoms with Crippen LogP contribution in [0, 0.1) is 13.8 Å². The Morgan fingerprint density at radius 3 is 2.59 bits per heavy atom. The van der Waals surface area contributed by atoms with Gasteiger partial charge in [0.05, 0.1) is 10.6 Å².